The van der Waals surface area contributed by atoms with Gasteiger partial charge in [0.1, 0.15) is 6.54 Å². The smallest absolute Gasteiger partial charge is 0.268 e. The lowest BCUT2D eigenvalue weighted by molar-refractivity contribution is 0.583. The number of hydrogen-bond donors (Lipinski definition) is 0. The zero-order valence-electron chi connectivity index (χ0n) is 7.86. The second kappa shape index (κ2) is 3.62. The molecule has 72 valence electrons. The van der Waals surface area contributed by atoms with Gasteiger partial charge in [-0.05, 0) is 31.2 Å². The van der Waals surface area contributed by atoms with Crippen molar-refractivity contribution in [3.63, 3.8) is 0 Å². The first-order valence-electron chi connectivity index (χ1n) is 4.78. The first-order valence-corrected chi connectivity index (χ1v) is 4.78. The average Bonchev–Trinajstić information content (AvgIpc) is 2.19. The summed E-state index contributed by atoms with van der Waals surface area (Å²) in [6, 6.07) is 3.56. The van der Waals surface area contributed by atoms with E-state index < -0.39 is 0 Å². The lowest BCUT2D eigenvalue weighted by Gasteiger charge is -2.14. The maximum absolute atomic E-state index is 11.4. The lowest BCUT2D eigenvalue weighted by atomic mass is 9.97. The van der Waals surface area contributed by atoms with Gasteiger partial charge in [-0.3, -0.25) is 4.79 Å². The Balaban J connectivity index is 2.47. The number of rotatable bonds is 1. The van der Waals surface area contributed by atoms with E-state index in [1.165, 1.54) is 4.68 Å². The molecule has 14 heavy (non-hydrogen) atoms. The van der Waals surface area contributed by atoms with Crippen molar-refractivity contribution in [2.75, 3.05) is 0 Å². The second-order valence-electron chi connectivity index (χ2n) is 3.48. The minimum absolute atomic E-state index is 0.0477. The lowest BCUT2D eigenvalue weighted by Crippen LogP contribution is -2.25. The highest BCUT2D eigenvalue weighted by Crippen LogP contribution is 2.16. The summed E-state index contributed by atoms with van der Waals surface area (Å²) in [6.45, 7) is 0.0477. The fraction of sp³-hybridized carbons (Fsp3) is 0.500. The molecule has 2 rings (SSSR count). The number of aryl methyl sites for hydroxylation is 2. The van der Waals surface area contributed by atoms with Crippen molar-refractivity contribution < 1.29 is 0 Å². The van der Waals surface area contributed by atoms with Crippen molar-refractivity contribution in [3.8, 4) is 6.07 Å². The maximum Gasteiger partial charge on any atom is 0.268 e. The predicted molar refractivity (Wildman–Crippen MR) is 50.8 cm³/mol. The van der Waals surface area contributed by atoms with Gasteiger partial charge in [-0.1, -0.05) is 0 Å². The standard InChI is InChI=1S/C10H11N3O/c11-5-6-13-10(14)7-8-3-1-2-4-9(8)12-13/h7H,1-4,6H2. The molecule has 4 heteroatoms. The van der Waals surface area contributed by atoms with Gasteiger partial charge in [0.2, 0.25) is 0 Å². The van der Waals surface area contributed by atoms with Gasteiger partial charge < -0.3 is 0 Å². The van der Waals surface area contributed by atoms with Crippen molar-refractivity contribution in [1.29, 1.82) is 5.26 Å². The van der Waals surface area contributed by atoms with Gasteiger partial charge in [-0.15, -0.1) is 0 Å². The van der Waals surface area contributed by atoms with Crippen molar-refractivity contribution in [2.45, 2.75) is 32.2 Å². The van der Waals surface area contributed by atoms with E-state index >= 15 is 0 Å². The van der Waals surface area contributed by atoms with E-state index in [9.17, 15) is 4.79 Å². The highest BCUT2D eigenvalue weighted by atomic mass is 16.1. The van der Waals surface area contributed by atoms with Crippen LogP contribution in [0.25, 0.3) is 0 Å². The summed E-state index contributed by atoms with van der Waals surface area (Å²) in [5, 5.41) is 12.7. The van der Waals surface area contributed by atoms with Crippen molar-refractivity contribution in [1.82, 2.24) is 9.78 Å². The number of nitriles is 1. The summed E-state index contributed by atoms with van der Waals surface area (Å²) in [4.78, 5) is 11.4. The molecule has 1 aromatic heterocycles. The van der Waals surface area contributed by atoms with Gasteiger partial charge in [-0.25, -0.2) is 4.68 Å². The summed E-state index contributed by atoms with van der Waals surface area (Å²) >= 11 is 0. The molecule has 1 aromatic rings. The topological polar surface area (TPSA) is 58.7 Å². The maximum atomic E-state index is 11.4. The Morgan fingerprint density at radius 1 is 1.50 bits per heavy atom. The van der Waals surface area contributed by atoms with Gasteiger partial charge in [-0.2, -0.15) is 10.4 Å². The van der Waals surface area contributed by atoms with Gasteiger partial charge >= 0.3 is 0 Å². The number of nitrogens with zero attached hydrogens (tertiary/aromatic N) is 3. The minimum Gasteiger partial charge on any atom is -0.268 e. The molecule has 0 N–H and O–H groups in total. The van der Waals surface area contributed by atoms with Crippen LogP contribution in [0.5, 0.6) is 0 Å². The molecule has 0 unspecified atom stereocenters. The van der Waals surface area contributed by atoms with Gasteiger partial charge in [0, 0.05) is 6.07 Å². The van der Waals surface area contributed by atoms with Crippen LogP contribution in [0.4, 0.5) is 0 Å². The Morgan fingerprint density at radius 3 is 3.07 bits per heavy atom. The Kier molecular flexibility index (Phi) is 2.32. The molecule has 0 fully saturated rings. The van der Waals surface area contributed by atoms with E-state index in [-0.39, 0.29) is 12.1 Å². The molecule has 0 saturated carbocycles. The molecular formula is C10H11N3O. The number of aromatic nitrogens is 2. The zero-order chi connectivity index (χ0) is 9.97. The quantitative estimate of drug-likeness (QED) is 0.651. The third-order valence-electron chi connectivity index (χ3n) is 2.49. The van der Waals surface area contributed by atoms with Crippen LogP contribution in [0.3, 0.4) is 0 Å². The molecular weight excluding hydrogens is 178 g/mol. The highest BCUT2D eigenvalue weighted by Gasteiger charge is 2.12. The summed E-state index contributed by atoms with van der Waals surface area (Å²) in [5.41, 5.74) is 1.90. The van der Waals surface area contributed by atoms with Crippen LogP contribution >= 0.6 is 0 Å². The molecule has 0 aromatic carbocycles. The van der Waals surface area contributed by atoms with Gasteiger partial charge in [0.15, 0.2) is 0 Å². The zero-order valence-corrected chi connectivity index (χ0v) is 7.86. The predicted octanol–water partition coefficient (Wildman–Crippen LogP) is 0.646. The normalized spacial score (nSPS) is 14.5. The third-order valence-corrected chi connectivity index (χ3v) is 2.49. The van der Waals surface area contributed by atoms with Gasteiger partial charge in [0.25, 0.3) is 5.56 Å². The van der Waals surface area contributed by atoms with E-state index in [0.29, 0.717) is 0 Å². The summed E-state index contributed by atoms with van der Waals surface area (Å²) in [5.74, 6) is 0. The molecule has 0 atom stereocenters. The highest BCUT2D eigenvalue weighted by molar-refractivity contribution is 5.20. The monoisotopic (exact) mass is 189 g/mol. The Labute approximate surface area is 81.8 Å². The Bertz CT molecular complexity index is 442. The summed E-state index contributed by atoms with van der Waals surface area (Å²) in [7, 11) is 0. The second-order valence-corrected chi connectivity index (χ2v) is 3.48. The van der Waals surface area contributed by atoms with Crippen LogP contribution in [0, 0.1) is 11.3 Å². The molecule has 0 radical (unpaired) electrons. The summed E-state index contributed by atoms with van der Waals surface area (Å²) < 4.78 is 1.24. The molecule has 0 saturated heterocycles. The molecule has 0 spiro atoms. The summed E-state index contributed by atoms with van der Waals surface area (Å²) in [6.07, 6.45) is 4.15. The Morgan fingerprint density at radius 2 is 2.29 bits per heavy atom. The van der Waals surface area contributed by atoms with Gasteiger partial charge in [0.05, 0.1) is 11.8 Å². The van der Waals surface area contributed by atoms with Crippen LogP contribution in [-0.2, 0) is 19.4 Å². The average molecular weight is 189 g/mol. The van der Waals surface area contributed by atoms with Crippen LogP contribution in [0.15, 0.2) is 10.9 Å². The number of hydrogen-bond acceptors (Lipinski definition) is 3. The van der Waals surface area contributed by atoms with Crippen LogP contribution < -0.4 is 5.56 Å². The first-order chi connectivity index (χ1) is 6.81. The van der Waals surface area contributed by atoms with E-state index in [4.69, 9.17) is 5.26 Å². The van der Waals surface area contributed by atoms with Crippen molar-refractivity contribution in [2.24, 2.45) is 0 Å². The molecule has 1 aliphatic rings. The molecule has 1 aliphatic carbocycles. The van der Waals surface area contributed by atoms with Crippen LogP contribution in [0.1, 0.15) is 24.1 Å². The fourth-order valence-corrected chi connectivity index (χ4v) is 1.78. The molecule has 0 bridgehead atoms. The number of fused-ring (bicyclic) bond motifs is 1. The Hall–Kier alpha value is -1.63. The first kappa shape index (κ1) is 8.95. The molecule has 1 heterocycles. The van der Waals surface area contributed by atoms with E-state index in [2.05, 4.69) is 5.10 Å². The largest absolute Gasteiger partial charge is 0.268 e. The van der Waals surface area contributed by atoms with E-state index in [0.717, 1.165) is 36.9 Å². The third kappa shape index (κ3) is 1.53. The van der Waals surface area contributed by atoms with Crippen LogP contribution in [0.2, 0.25) is 0 Å². The SMILES string of the molecule is N#CCn1nc2c(cc1=O)CCCC2. The fourth-order valence-electron chi connectivity index (χ4n) is 1.78. The van der Waals surface area contributed by atoms with Crippen molar-refractivity contribution in [3.05, 3.63) is 27.7 Å². The van der Waals surface area contributed by atoms with E-state index in [1.54, 1.807) is 6.07 Å². The van der Waals surface area contributed by atoms with Crippen molar-refractivity contribution >= 4 is 0 Å². The molecule has 0 aliphatic heterocycles. The van der Waals surface area contributed by atoms with E-state index in [1.807, 2.05) is 6.07 Å². The molecule has 4 nitrogen and oxygen atoms in total. The van der Waals surface area contributed by atoms with Crippen LogP contribution in [-0.4, -0.2) is 9.78 Å². The minimum atomic E-state index is -0.160. The molecule has 0 amide bonds.